The maximum Gasteiger partial charge on any atom is 0.143 e. The highest BCUT2D eigenvalue weighted by atomic mass is 35.5. The van der Waals surface area contributed by atoms with Crippen molar-refractivity contribution in [1.82, 2.24) is 0 Å². The lowest BCUT2D eigenvalue weighted by Gasteiger charge is -2.09. The molecular weight excluding hydrogens is 243 g/mol. The van der Waals surface area contributed by atoms with E-state index >= 15 is 0 Å². The molecule has 0 fully saturated rings. The third kappa shape index (κ3) is 2.91. The van der Waals surface area contributed by atoms with Crippen LogP contribution in [0.3, 0.4) is 0 Å². The maximum absolute atomic E-state index is 13.1. The van der Waals surface area contributed by atoms with Crippen LogP contribution < -0.4 is 11.1 Å². The lowest BCUT2D eigenvalue weighted by molar-refractivity contribution is 0.513. The molecule has 1 aromatic carbocycles. The number of rotatable bonds is 4. The van der Waals surface area contributed by atoms with E-state index < -0.39 is 5.82 Å². The predicted molar refractivity (Wildman–Crippen MR) is 66.7 cm³/mol. The van der Waals surface area contributed by atoms with Crippen LogP contribution in [0.15, 0.2) is 34.9 Å². The van der Waals surface area contributed by atoms with Crippen molar-refractivity contribution in [2.75, 3.05) is 17.6 Å². The quantitative estimate of drug-likeness (QED) is 0.823. The second-order valence-electron chi connectivity index (χ2n) is 3.61. The first-order chi connectivity index (χ1) is 8.16. The Balaban J connectivity index is 1.97. The number of anilines is 2. The van der Waals surface area contributed by atoms with E-state index in [0.717, 1.165) is 12.2 Å². The highest BCUT2D eigenvalue weighted by Gasteiger charge is 2.06. The molecule has 0 aliphatic heterocycles. The van der Waals surface area contributed by atoms with Gasteiger partial charge in [0.2, 0.25) is 0 Å². The Bertz CT molecular complexity index is 499. The molecule has 3 N–H and O–H groups in total. The Morgan fingerprint density at radius 2 is 2.24 bits per heavy atom. The standard InChI is InChI=1S/C12H12ClFN2O/c13-9-6-12(11(15)7-10(9)14)16-4-3-8-2-1-5-17-8/h1-2,5-7,16H,3-4,15H2. The molecule has 0 aliphatic carbocycles. The summed E-state index contributed by atoms with van der Waals surface area (Å²) in [5.74, 6) is 0.366. The zero-order valence-electron chi connectivity index (χ0n) is 9.04. The van der Waals surface area contributed by atoms with Crippen LogP contribution in [0.5, 0.6) is 0 Å². The second-order valence-corrected chi connectivity index (χ2v) is 4.02. The largest absolute Gasteiger partial charge is 0.469 e. The Labute approximate surface area is 103 Å². The summed E-state index contributed by atoms with van der Waals surface area (Å²) in [4.78, 5) is 0. The number of furan rings is 1. The van der Waals surface area contributed by atoms with Gasteiger partial charge in [0, 0.05) is 19.0 Å². The van der Waals surface area contributed by atoms with Crippen molar-refractivity contribution in [2.24, 2.45) is 0 Å². The van der Waals surface area contributed by atoms with E-state index in [1.165, 1.54) is 12.1 Å². The number of nitrogens with one attached hydrogen (secondary N) is 1. The van der Waals surface area contributed by atoms with Crippen LogP contribution in [-0.4, -0.2) is 6.54 Å². The van der Waals surface area contributed by atoms with E-state index in [1.807, 2.05) is 12.1 Å². The molecular formula is C12H12ClFN2O. The fraction of sp³-hybridized carbons (Fsp3) is 0.167. The fourth-order valence-electron chi connectivity index (χ4n) is 1.49. The van der Waals surface area contributed by atoms with Crippen LogP contribution in [0.4, 0.5) is 15.8 Å². The first-order valence-corrected chi connectivity index (χ1v) is 5.55. The Morgan fingerprint density at radius 1 is 1.41 bits per heavy atom. The number of benzene rings is 1. The highest BCUT2D eigenvalue weighted by molar-refractivity contribution is 6.31. The van der Waals surface area contributed by atoms with Crippen LogP contribution in [0.1, 0.15) is 5.76 Å². The summed E-state index contributed by atoms with van der Waals surface area (Å²) < 4.78 is 18.2. The average Bonchev–Trinajstić information content (AvgIpc) is 2.78. The molecule has 2 rings (SSSR count). The summed E-state index contributed by atoms with van der Waals surface area (Å²) >= 11 is 5.68. The molecule has 0 bridgehead atoms. The normalized spacial score (nSPS) is 10.5. The summed E-state index contributed by atoms with van der Waals surface area (Å²) in [6, 6.07) is 6.41. The molecule has 0 saturated carbocycles. The smallest absolute Gasteiger partial charge is 0.143 e. The van der Waals surface area contributed by atoms with Crippen molar-refractivity contribution < 1.29 is 8.81 Å². The number of hydrogen-bond donors (Lipinski definition) is 2. The van der Waals surface area contributed by atoms with E-state index in [2.05, 4.69) is 5.32 Å². The van der Waals surface area contributed by atoms with E-state index in [-0.39, 0.29) is 5.02 Å². The van der Waals surface area contributed by atoms with Gasteiger partial charge in [-0.05, 0) is 18.2 Å². The number of nitrogen functional groups attached to an aromatic ring is 1. The van der Waals surface area contributed by atoms with E-state index in [0.29, 0.717) is 17.9 Å². The van der Waals surface area contributed by atoms with Gasteiger partial charge < -0.3 is 15.5 Å². The molecule has 0 amide bonds. The minimum Gasteiger partial charge on any atom is -0.469 e. The van der Waals surface area contributed by atoms with Gasteiger partial charge in [-0.25, -0.2) is 4.39 Å². The highest BCUT2D eigenvalue weighted by Crippen LogP contribution is 2.26. The Hall–Kier alpha value is -1.68. The Kier molecular flexibility index (Phi) is 3.54. The van der Waals surface area contributed by atoms with Gasteiger partial charge in [0.15, 0.2) is 0 Å². The zero-order valence-corrected chi connectivity index (χ0v) is 9.80. The third-order valence-electron chi connectivity index (χ3n) is 2.36. The first-order valence-electron chi connectivity index (χ1n) is 5.17. The van der Waals surface area contributed by atoms with Gasteiger partial charge >= 0.3 is 0 Å². The molecule has 0 aliphatic rings. The summed E-state index contributed by atoms with van der Waals surface area (Å²) in [7, 11) is 0. The predicted octanol–water partition coefficient (Wildman–Crippen LogP) is 3.31. The van der Waals surface area contributed by atoms with Crippen molar-refractivity contribution in [3.05, 3.63) is 47.1 Å². The number of halogens is 2. The van der Waals surface area contributed by atoms with Crippen LogP contribution >= 0.6 is 11.6 Å². The molecule has 17 heavy (non-hydrogen) atoms. The van der Waals surface area contributed by atoms with Gasteiger partial charge in [0.05, 0.1) is 22.7 Å². The lowest BCUT2D eigenvalue weighted by atomic mass is 10.2. The summed E-state index contributed by atoms with van der Waals surface area (Å²) in [6.07, 6.45) is 2.35. The first kappa shape index (κ1) is 11.8. The average molecular weight is 255 g/mol. The molecule has 90 valence electrons. The Morgan fingerprint density at radius 3 is 2.94 bits per heavy atom. The van der Waals surface area contributed by atoms with Gasteiger partial charge in [0.1, 0.15) is 11.6 Å². The van der Waals surface area contributed by atoms with Crippen molar-refractivity contribution in [1.29, 1.82) is 0 Å². The van der Waals surface area contributed by atoms with Gasteiger partial charge in [-0.1, -0.05) is 11.6 Å². The maximum atomic E-state index is 13.1. The fourth-order valence-corrected chi connectivity index (χ4v) is 1.65. The summed E-state index contributed by atoms with van der Waals surface area (Å²) in [5, 5.41) is 3.14. The van der Waals surface area contributed by atoms with Crippen molar-refractivity contribution >= 4 is 23.0 Å². The van der Waals surface area contributed by atoms with Crippen LogP contribution in [-0.2, 0) is 6.42 Å². The second kappa shape index (κ2) is 5.10. The summed E-state index contributed by atoms with van der Waals surface area (Å²) in [5.41, 5.74) is 6.63. The van der Waals surface area contributed by atoms with Crippen LogP contribution in [0.25, 0.3) is 0 Å². The van der Waals surface area contributed by atoms with E-state index in [9.17, 15) is 4.39 Å². The topological polar surface area (TPSA) is 51.2 Å². The van der Waals surface area contributed by atoms with Crippen molar-refractivity contribution in [2.45, 2.75) is 6.42 Å². The monoisotopic (exact) mass is 254 g/mol. The summed E-state index contributed by atoms with van der Waals surface area (Å²) in [6.45, 7) is 0.639. The molecule has 0 saturated heterocycles. The van der Waals surface area contributed by atoms with Crippen molar-refractivity contribution in [3.63, 3.8) is 0 Å². The molecule has 5 heteroatoms. The van der Waals surface area contributed by atoms with Gasteiger partial charge in [-0.15, -0.1) is 0 Å². The number of nitrogens with two attached hydrogens (primary N) is 1. The number of hydrogen-bond acceptors (Lipinski definition) is 3. The van der Waals surface area contributed by atoms with Gasteiger partial charge in [-0.3, -0.25) is 0 Å². The van der Waals surface area contributed by atoms with Crippen LogP contribution in [0, 0.1) is 5.82 Å². The molecule has 0 spiro atoms. The minimum atomic E-state index is -0.513. The molecule has 0 unspecified atom stereocenters. The van der Waals surface area contributed by atoms with Gasteiger partial charge in [0.25, 0.3) is 0 Å². The molecule has 1 heterocycles. The van der Waals surface area contributed by atoms with E-state index in [1.54, 1.807) is 6.26 Å². The lowest BCUT2D eigenvalue weighted by Crippen LogP contribution is -2.06. The molecule has 1 aromatic heterocycles. The minimum absolute atomic E-state index is 0.0553. The SMILES string of the molecule is Nc1cc(F)c(Cl)cc1NCCc1ccco1. The molecule has 0 radical (unpaired) electrons. The van der Waals surface area contributed by atoms with Crippen molar-refractivity contribution in [3.8, 4) is 0 Å². The zero-order chi connectivity index (χ0) is 12.3. The third-order valence-corrected chi connectivity index (χ3v) is 2.65. The van der Waals surface area contributed by atoms with Crippen LogP contribution in [0.2, 0.25) is 5.02 Å². The van der Waals surface area contributed by atoms with Gasteiger partial charge in [-0.2, -0.15) is 0 Å². The molecule has 3 nitrogen and oxygen atoms in total. The van der Waals surface area contributed by atoms with E-state index in [4.69, 9.17) is 21.8 Å². The molecule has 0 atom stereocenters. The molecule has 2 aromatic rings.